The van der Waals surface area contributed by atoms with Crippen molar-refractivity contribution in [3.63, 3.8) is 0 Å². The fourth-order valence-corrected chi connectivity index (χ4v) is 1.72. The number of nitrogens with one attached hydrogen (secondary N) is 2. The zero-order chi connectivity index (χ0) is 14.2. The zero-order valence-electron chi connectivity index (χ0n) is 11.1. The average Bonchev–Trinajstić information content (AvgIpc) is 2.53. The Morgan fingerprint density at radius 2 is 1.40 bits per heavy atom. The molecule has 20 heavy (non-hydrogen) atoms. The first kappa shape index (κ1) is 13.6. The second-order valence-electron chi connectivity index (χ2n) is 4.00. The molecule has 3 N–H and O–H groups in total. The molecule has 5 heteroatoms. The molecule has 0 aromatic heterocycles. The number of oxime groups is 1. The number of rotatable bonds is 3. The van der Waals surface area contributed by atoms with Crippen molar-refractivity contribution < 1.29 is 5.21 Å². The van der Waals surface area contributed by atoms with Gasteiger partial charge in [-0.2, -0.15) is 5.10 Å². The lowest BCUT2D eigenvalue weighted by molar-refractivity contribution is 0.314. The Balaban J connectivity index is 2.38. The van der Waals surface area contributed by atoms with E-state index in [0.717, 1.165) is 16.8 Å². The van der Waals surface area contributed by atoms with Gasteiger partial charge in [-0.1, -0.05) is 60.7 Å². The van der Waals surface area contributed by atoms with Crippen LogP contribution in [0.1, 0.15) is 11.1 Å². The first-order chi connectivity index (χ1) is 9.85. The summed E-state index contributed by atoms with van der Waals surface area (Å²) in [7, 11) is 1.64. The molecular weight excluding hydrogens is 252 g/mol. The van der Waals surface area contributed by atoms with Crippen LogP contribution in [0.15, 0.2) is 70.9 Å². The van der Waals surface area contributed by atoms with Crippen LogP contribution in [0.5, 0.6) is 0 Å². The monoisotopic (exact) mass is 268 g/mol. The van der Waals surface area contributed by atoms with Crippen molar-refractivity contribution in [2.45, 2.75) is 0 Å². The molecule has 0 heterocycles. The van der Waals surface area contributed by atoms with Crippen LogP contribution in [0.2, 0.25) is 0 Å². The molecule has 102 valence electrons. The summed E-state index contributed by atoms with van der Waals surface area (Å²) in [6.07, 6.45) is 0. The molecule has 0 saturated heterocycles. The molecule has 0 spiro atoms. The fourth-order valence-electron chi connectivity index (χ4n) is 1.72. The van der Waals surface area contributed by atoms with Gasteiger partial charge in [0.1, 0.15) is 0 Å². The van der Waals surface area contributed by atoms with Gasteiger partial charge in [0.15, 0.2) is 0 Å². The van der Waals surface area contributed by atoms with Gasteiger partial charge in [0.05, 0.1) is 5.71 Å². The maximum Gasteiger partial charge on any atom is 0.253 e. The van der Waals surface area contributed by atoms with Gasteiger partial charge in [-0.15, -0.1) is 0 Å². The molecule has 0 radical (unpaired) electrons. The lowest BCUT2D eigenvalue weighted by atomic mass is 10.0. The summed E-state index contributed by atoms with van der Waals surface area (Å²) in [6, 6.07) is 19.6. The normalized spacial score (nSPS) is 10.8. The summed E-state index contributed by atoms with van der Waals surface area (Å²) in [5.74, 6) is 0.175. The molecular formula is C15H16N4O. The summed E-state index contributed by atoms with van der Waals surface area (Å²) in [6.45, 7) is 0. The topological polar surface area (TPSA) is 69.0 Å². The van der Waals surface area contributed by atoms with E-state index >= 15 is 0 Å². The van der Waals surface area contributed by atoms with E-state index in [1.807, 2.05) is 60.7 Å². The number of nitrogens with zero attached hydrogens (tertiary/aromatic N) is 2. The van der Waals surface area contributed by atoms with Crippen molar-refractivity contribution in [1.82, 2.24) is 10.7 Å². The standard InChI is InChI=1S/C15H16N4O/c1-16-15(19-20)18-17-14(12-8-4-2-5-9-12)13-10-6-3-7-11-13/h2-11,20H,1H3,(H2,16,18,19). The van der Waals surface area contributed by atoms with E-state index in [2.05, 4.69) is 21.0 Å². The second kappa shape index (κ2) is 6.94. The van der Waals surface area contributed by atoms with Crippen molar-refractivity contribution in [1.29, 1.82) is 0 Å². The Kier molecular flexibility index (Phi) is 4.72. The highest BCUT2D eigenvalue weighted by Gasteiger charge is 2.06. The third-order valence-electron chi connectivity index (χ3n) is 2.70. The first-order valence-corrected chi connectivity index (χ1v) is 6.19. The van der Waals surface area contributed by atoms with E-state index in [0.29, 0.717) is 0 Å². The second-order valence-corrected chi connectivity index (χ2v) is 4.00. The van der Waals surface area contributed by atoms with Crippen LogP contribution in [-0.2, 0) is 0 Å². The molecule has 0 aliphatic heterocycles. The number of benzene rings is 2. The van der Waals surface area contributed by atoms with Gasteiger partial charge in [-0.05, 0) is 5.16 Å². The predicted molar refractivity (Wildman–Crippen MR) is 79.9 cm³/mol. The third kappa shape index (κ3) is 3.35. The molecule has 2 aromatic rings. The molecule has 2 rings (SSSR count). The van der Waals surface area contributed by atoms with Gasteiger partial charge in [-0.3, -0.25) is 0 Å². The molecule has 0 saturated carbocycles. The Hall–Kier alpha value is -2.82. The smallest absolute Gasteiger partial charge is 0.253 e. The molecule has 0 bridgehead atoms. The number of hydrogen-bond donors (Lipinski definition) is 3. The lowest BCUT2D eigenvalue weighted by Gasteiger charge is -2.08. The van der Waals surface area contributed by atoms with Crippen molar-refractivity contribution >= 4 is 11.7 Å². The fraction of sp³-hybridized carbons (Fsp3) is 0.0667. The van der Waals surface area contributed by atoms with Gasteiger partial charge in [0.25, 0.3) is 5.96 Å². The number of guanidine groups is 1. The van der Waals surface area contributed by atoms with E-state index in [1.165, 1.54) is 0 Å². The van der Waals surface area contributed by atoms with Crippen LogP contribution >= 0.6 is 0 Å². The minimum absolute atomic E-state index is 0.175. The van der Waals surface area contributed by atoms with E-state index in [4.69, 9.17) is 5.21 Å². The van der Waals surface area contributed by atoms with Crippen LogP contribution in [0.3, 0.4) is 0 Å². The zero-order valence-corrected chi connectivity index (χ0v) is 11.1. The molecule has 0 unspecified atom stereocenters. The van der Waals surface area contributed by atoms with Gasteiger partial charge in [-0.25, -0.2) is 5.43 Å². The van der Waals surface area contributed by atoms with E-state index in [9.17, 15) is 0 Å². The summed E-state index contributed by atoms with van der Waals surface area (Å²) in [5, 5.41) is 18.8. The highest BCUT2D eigenvalue weighted by molar-refractivity contribution is 6.13. The molecule has 0 aliphatic carbocycles. The van der Waals surface area contributed by atoms with Crippen LogP contribution in [0.4, 0.5) is 0 Å². The average molecular weight is 268 g/mol. The summed E-state index contributed by atoms with van der Waals surface area (Å²) in [4.78, 5) is 0. The van der Waals surface area contributed by atoms with Crippen LogP contribution in [0, 0.1) is 0 Å². The molecule has 5 nitrogen and oxygen atoms in total. The summed E-state index contributed by atoms with van der Waals surface area (Å²) >= 11 is 0. The Morgan fingerprint density at radius 3 is 1.80 bits per heavy atom. The number of hydrogen-bond acceptors (Lipinski definition) is 3. The van der Waals surface area contributed by atoms with Gasteiger partial charge >= 0.3 is 0 Å². The molecule has 0 amide bonds. The summed E-state index contributed by atoms with van der Waals surface area (Å²) in [5.41, 5.74) is 5.40. The van der Waals surface area contributed by atoms with E-state index in [1.54, 1.807) is 7.05 Å². The predicted octanol–water partition coefficient (Wildman–Crippen LogP) is 1.99. The Labute approximate surface area is 117 Å². The Morgan fingerprint density at radius 1 is 0.900 bits per heavy atom. The minimum Gasteiger partial charge on any atom is -0.408 e. The van der Waals surface area contributed by atoms with Gasteiger partial charge in [0, 0.05) is 18.2 Å². The molecule has 0 aliphatic rings. The first-order valence-electron chi connectivity index (χ1n) is 6.19. The largest absolute Gasteiger partial charge is 0.408 e. The van der Waals surface area contributed by atoms with Crippen molar-refractivity contribution in [3.8, 4) is 0 Å². The maximum absolute atomic E-state index is 8.77. The highest BCUT2D eigenvalue weighted by Crippen LogP contribution is 2.10. The van der Waals surface area contributed by atoms with Crippen LogP contribution in [-0.4, -0.2) is 23.9 Å². The number of hydrazone groups is 1. The molecule has 2 aromatic carbocycles. The lowest BCUT2D eigenvalue weighted by Crippen LogP contribution is -2.32. The van der Waals surface area contributed by atoms with E-state index < -0.39 is 0 Å². The third-order valence-corrected chi connectivity index (χ3v) is 2.70. The SMILES string of the molecule is CN/C(=N/O)NN=C(c1ccccc1)c1ccccc1. The highest BCUT2D eigenvalue weighted by atomic mass is 16.4. The van der Waals surface area contributed by atoms with Crippen molar-refractivity contribution in [2.24, 2.45) is 10.3 Å². The summed E-state index contributed by atoms with van der Waals surface area (Å²) < 4.78 is 0. The van der Waals surface area contributed by atoms with Gasteiger partial charge < -0.3 is 10.5 Å². The molecule has 0 atom stereocenters. The van der Waals surface area contributed by atoms with Crippen LogP contribution < -0.4 is 10.7 Å². The van der Waals surface area contributed by atoms with Crippen molar-refractivity contribution in [3.05, 3.63) is 71.8 Å². The van der Waals surface area contributed by atoms with Crippen LogP contribution in [0.25, 0.3) is 0 Å². The Bertz CT molecular complexity index is 552. The van der Waals surface area contributed by atoms with E-state index in [-0.39, 0.29) is 5.96 Å². The van der Waals surface area contributed by atoms with Gasteiger partial charge in [0.2, 0.25) is 0 Å². The quantitative estimate of drug-likeness (QED) is 0.345. The van der Waals surface area contributed by atoms with Crippen molar-refractivity contribution in [2.75, 3.05) is 7.05 Å². The maximum atomic E-state index is 8.77. The minimum atomic E-state index is 0.175. The molecule has 0 fully saturated rings.